The predicted octanol–water partition coefficient (Wildman–Crippen LogP) is 1.86. The summed E-state index contributed by atoms with van der Waals surface area (Å²) in [5.74, 6) is 0.293. The van der Waals surface area contributed by atoms with Gasteiger partial charge in [0, 0.05) is 12.1 Å². The standard InChI is InChI=1S/C13H19NO2S/c1-10(12-7-5-4-6-8-12)14(3)13-9-17(15,16)11(13)2/h4-8,10-11,13H,9H2,1-3H3. The molecule has 1 aliphatic rings. The Balaban J connectivity index is 2.10. The van der Waals surface area contributed by atoms with Gasteiger partial charge in [-0.2, -0.15) is 0 Å². The van der Waals surface area contributed by atoms with E-state index in [4.69, 9.17) is 0 Å². The van der Waals surface area contributed by atoms with E-state index in [1.54, 1.807) is 6.92 Å². The summed E-state index contributed by atoms with van der Waals surface area (Å²) in [5.41, 5.74) is 1.23. The molecule has 1 aromatic carbocycles. The van der Waals surface area contributed by atoms with Gasteiger partial charge in [-0.1, -0.05) is 30.3 Å². The van der Waals surface area contributed by atoms with Crippen LogP contribution in [0.4, 0.5) is 0 Å². The first-order chi connectivity index (χ1) is 7.93. The zero-order valence-electron chi connectivity index (χ0n) is 10.5. The minimum atomic E-state index is -2.81. The van der Waals surface area contributed by atoms with Crippen LogP contribution in [0.15, 0.2) is 30.3 Å². The molecule has 0 spiro atoms. The average molecular weight is 253 g/mol. The highest BCUT2D eigenvalue weighted by Gasteiger charge is 2.45. The molecule has 2 rings (SSSR count). The minimum Gasteiger partial charge on any atom is -0.294 e. The van der Waals surface area contributed by atoms with Crippen molar-refractivity contribution in [3.8, 4) is 0 Å². The molecule has 1 saturated heterocycles. The highest BCUT2D eigenvalue weighted by Crippen LogP contribution is 2.30. The molecular weight excluding hydrogens is 234 g/mol. The van der Waals surface area contributed by atoms with Gasteiger partial charge in [-0.25, -0.2) is 8.42 Å². The van der Waals surface area contributed by atoms with Crippen molar-refractivity contribution >= 4 is 9.84 Å². The Morgan fingerprint density at radius 1 is 1.29 bits per heavy atom. The van der Waals surface area contributed by atoms with Crippen molar-refractivity contribution in [2.75, 3.05) is 12.8 Å². The van der Waals surface area contributed by atoms with Crippen LogP contribution in [0.3, 0.4) is 0 Å². The maximum Gasteiger partial charge on any atom is 0.156 e. The van der Waals surface area contributed by atoms with Gasteiger partial charge >= 0.3 is 0 Å². The number of nitrogens with zero attached hydrogens (tertiary/aromatic N) is 1. The summed E-state index contributed by atoms with van der Waals surface area (Å²) in [6.07, 6.45) is 0. The Labute approximate surface area is 103 Å². The van der Waals surface area contributed by atoms with Crippen molar-refractivity contribution in [2.24, 2.45) is 0 Å². The van der Waals surface area contributed by atoms with E-state index >= 15 is 0 Å². The van der Waals surface area contributed by atoms with Gasteiger partial charge in [0.2, 0.25) is 0 Å². The quantitative estimate of drug-likeness (QED) is 0.825. The molecule has 0 bridgehead atoms. The first-order valence-corrected chi connectivity index (χ1v) is 7.63. The van der Waals surface area contributed by atoms with Crippen LogP contribution in [0.2, 0.25) is 0 Å². The molecule has 3 atom stereocenters. The number of hydrogen-bond acceptors (Lipinski definition) is 3. The van der Waals surface area contributed by atoms with Crippen LogP contribution in [0.1, 0.15) is 25.5 Å². The first-order valence-electron chi connectivity index (χ1n) is 5.92. The summed E-state index contributed by atoms with van der Waals surface area (Å²) >= 11 is 0. The molecule has 17 heavy (non-hydrogen) atoms. The zero-order chi connectivity index (χ0) is 12.6. The lowest BCUT2D eigenvalue weighted by atomic mass is 10.0. The number of benzene rings is 1. The Hall–Kier alpha value is -0.870. The van der Waals surface area contributed by atoms with Gasteiger partial charge in [-0.3, -0.25) is 4.90 Å². The highest BCUT2D eigenvalue weighted by molar-refractivity contribution is 7.93. The summed E-state index contributed by atoms with van der Waals surface area (Å²) in [6.45, 7) is 3.92. The molecule has 1 aliphatic heterocycles. The monoisotopic (exact) mass is 253 g/mol. The van der Waals surface area contributed by atoms with E-state index in [-0.39, 0.29) is 17.3 Å². The lowest BCUT2D eigenvalue weighted by Crippen LogP contribution is -2.58. The average Bonchev–Trinajstić information content (AvgIpc) is 2.35. The summed E-state index contributed by atoms with van der Waals surface area (Å²) < 4.78 is 22.9. The molecule has 1 heterocycles. The third kappa shape index (κ3) is 2.24. The molecule has 4 heteroatoms. The van der Waals surface area contributed by atoms with Crippen LogP contribution in [-0.2, 0) is 9.84 Å². The zero-order valence-corrected chi connectivity index (χ0v) is 11.3. The summed E-state index contributed by atoms with van der Waals surface area (Å²) in [5, 5.41) is -0.237. The Kier molecular flexibility index (Phi) is 3.27. The van der Waals surface area contributed by atoms with E-state index in [9.17, 15) is 8.42 Å². The molecule has 3 unspecified atom stereocenters. The molecule has 0 radical (unpaired) electrons. The largest absolute Gasteiger partial charge is 0.294 e. The van der Waals surface area contributed by atoms with Crippen molar-refractivity contribution in [3.63, 3.8) is 0 Å². The van der Waals surface area contributed by atoms with Crippen LogP contribution in [-0.4, -0.2) is 37.4 Å². The van der Waals surface area contributed by atoms with E-state index in [0.29, 0.717) is 5.75 Å². The van der Waals surface area contributed by atoms with Crippen molar-refractivity contribution < 1.29 is 8.42 Å². The van der Waals surface area contributed by atoms with Crippen LogP contribution in [0.5, 0.6) is 0 Å². The minimum absolute atomic E-state index is 0.148. The molecule has 94 valence electrons. The van der Waals surface area contributed by atoms with Gasteiger partial charge in [0.15, 0.2) is 9.84 Å². The molecule has 0 aliphatic carbocycles. The van der Waals surface area contributed by atoms with Gasteiger partial charge in [0.05, 0.1) is 11.0 Å². The molecule has 0 saturated carbocycles. The Morgan fingerprint density at radius 2 is 1.88 bits per heavy atom. The van der Waals surface area contributed by atoms with Crippen molar-refractivity contribution in [2.45, 2.75) is 31.2 Å². The van der Waals surface area contributed by atoms with Gasteiger partial charge in [0.1, 0.15) is 0 Å². The fraction of sp³-hybridized carbons (Fsp3) is 0.538. The predicted molar refractivity (Wildman–Crippen MR) is 69.7 cm³/mol. The Morgan fingerprint density at radius 3 is 2.35 bits per heavy atom. The van der Waals surface area contributed by atoms with Crippen LogP contribution in [0.25, 0.3) is 0 Å². The van der Waals surface area contributed by atoms with E-state index in [0.717, 1.165) is 0 Å². The van der Waals surface area contributed by atoms with E-state index in [2.05, 4.69) is 24.0 Å². The maximum atomic E-state index is 11.5. The van der Waals surface area contributed by atoms with E-state index < -0.39 is 9.84 Å². The molecule has 0 N–H and O–H groups in total. The second-order valence-corrected chi connectivity index (χ2v) is 7.26. The van der Waals surface area contributed by atoms with Gasteiger partial charge in [0.25, 0.3) is 0 Å². The molecule has 1 fully saturated rings. The molecule has 0 amide bonds. The summed E-state index contributed by atoms with van der Waals surface area (Å²) in [4.78, 5) is 2.17. The summed E-state index contributed by atoms with van der Waals surface area (Å²) in [6, 6.07) is 10.6. The fourth-order valence-electron chi connectivity index (χ4n) is 2.35. The second kappa shape index (κ2) is 4.42. The maximum absolute atomic E-state index is 11.5. The normalized spacial score (nSPS) is 28.7. The molecule has 1 aromatic rings. The molecular formula is C13H19NO2S. The molecule has 3 nitrogen and oxygen atoms in total. The van der Waals surface area contributed by atoms with Crippen molar-refractivity contribution in [3.05, 3.63) is 35.9 Å². The highest BCUT2D eigenvalue weighted by atomic mass is 32.2. The third-order valence-electron chi connectivity index (χ3n) is 3.93. The van der Waals surface area contributed by atoms with Gasteiger partial charge < -0.3 is 0 Å². The van der Waals surface area contributed by atoms with Gasteiger partial charge in [-0.05, 0) is 26.5 Å². The van der Waals surface area contributed by atoms with Crippen LogP contribution < -0.4 is 0 Å². The Bertz CT molecular complexity index is 483. The smallest absolute Gasteiger partial charge is 0.156 e. The van der Waals surface area contributed by atoms with Crippen LogP contribution in [0, 0.1) is 0 Å². The van der Waals surface area contributed by atoms with Crippen LogP contribution >= 0.6 is 0 Å². The number of hydrogen-bond donors (Lipinski definition) is 0. The fourth-order valence-corrected chi connectivity index (χ4v) is 4.06. The van der Waals surface area contributed by atoms with E-state index in [1.807, 2.05) is 25.2 Å². The van der Waals surface area contributed by atoms with Crippen molar-refractivity contribution in [1.29, 1.82) is 0 Å². The lowest BCUT2D eigenvalue weighted by Gasteiger charge is -2.43. The number of sulfone groups is 1. The third-order valence-corrected chi connectivity index (χ3v) is 6.18. The van der Waals surface area contributed by atoms with Crippen molar-refractivity contribution in [1.82, 2.24) is 4.90 Å². The SMILES string of the molecule is CC(c1ccccc1)N(C)C1CS(=O)(=O)C1C. The topological polar surface area (TPSA) is 37.4 Å². The van der Waals surface area contributed by atoms with E-state index in [1.165, 1.54) is 5.56 Å². The molecule has 0 aromatic heterocycles. The lowest BCUT2D eigenvalue weighted by molar-refractivity contribution is 0.182. The van der Waals surface area contributed by atoms with Gasteiger partial charge in [-0.15, -0.1) is 0 Å². The number of rotatable bonds is 3. The first kappa shape index (κ1) is 12.6. The summed E-state index contributed by atoms with van der Waals surface area (Å²) in [7, 11) is -0.804. The second-order valence-electron chi connectivity index (χ2n) is 4.85.